The van der Waals surface area contributed by atoms with Crippen LogP contribution in [0.15, 0.2) is 67.1 Å². The Morgan fingerprint density at radius 1 is 0.958 bits per heavy atom. The molecule has 0 aliphatic heterocycles. The van der Waals surface area contributed by atoms with E-state index in [1.54, 1.807) is 0 Å². The van der Waals surface area contributed by atoms with Crippen LogP contribution in [0.3, 0.4) is 0 Å². The highest BCUT2D eigenvalue weighted by Gasteiger charge is 2.16. The fourth-order valence-corrected chi connectivity index (χ4v) is 3.04. The Labute approximate surface area is 144 Å². The minimum absolute atomic E-state index is 0.0278. The second-order valence-electron chi connectivity index (χ2n) is 5.47. The Morgan fingerprint density at radius 2 is 1.71 bits per heavy atom. The first-order valence-electron chi connectivity index (χ1n) is 7.55. The first-order valence-corrected chi connectivity index (χ1v) is 7.93. The van der Waals surface area contributed by atoms with Crippen molar-refractivity contribution in [2.75, 3.05) is 0 Å². The molecule has 5 heteroatoms. The average molecular weight is 336 g/mol. The number of benzene rings is 2. The van der Waals surface area contributed by atoms with Gasteiger partial charge in [0.2, 0.25) is 0 Å². The maximum Gasteiger partial charge on any atom is 0.157 e. The predicted octanol–water partition coefficient (Wildman–Crippen LogP) is 4.23. The molecule has 4 rings (SSSR count). The maximum atomic E-state index is 9.22. The zero-order valence-electron chi connectivity index (χ0n) is 12.7. The molecule has 24 heavy (non-hydrogen) atoms. The lowest BCUT2D eigenvalue weighted by Gasteiger charge is -2.04. The molecule has 0 aliphatic carbocycles. The number of aromatic nitrogens is 3. The molecule has 2 heterocycles. The molecular weight excluding hydrogens is 322 g/mol. The normalized spacial score (nSPS) is 11.1. The van der Waals surface area contributed by atoms with Crippen LogP contribution in [0, 0.1) is 0 Å². The molecule has 118 valence electrons. The number of rotatable bonds is 3. The van der Waals surface area contributed by atoms with E-state index >= 15 is 0 Å². The molecule has 2 aromatic carbocycles. The molecule has 0 bridgehead atoms. The summed E-state index contributed by atoms with van der Waals surface area (Å²) in [6, 6.07) is 17.7. The van der Waals surface area contributed by atoms with Gasteiger partial charge >= 0.3 is 0 Å². The molecule has 2 aromatic heterocycles. The number of aliphatic hydroxyl groups excluding tert-OH is 1. The second kappa shape index (κ2) is 6.07. The van der Waals surface area contributed by atoms with E-state index in [0.29, 0.717) is 5.15 Å². The lowest BCUT2D eigenvalue weighted by atomic mass is 10.1. The lowest BCUT2D eigenvalue weighted by Crippen LogP contribution is -1.93. The van der Waals surface area contributed by atoms with Crippen molar-refractivity contribution in [3.63, 3.8) is 0 Å². The van der Waals surface area contributed by atoms with Crippen molar-refractivity contribution in [2.24, 2.45) is 0 Å². The molecule has 0 saturated carbocycles. The quantitative estimate of drug-likeness (QED) is 0.570. The number of halogens is 1. The van der Waals surface area contributed by atoms with Crippen molar-refractivity contribution in [2.45, 2.75) is 6.61 Å². The third-order valence-corrected chi connectivity index (χ3v) is 4.29. The maximum absolute atomic E-state index is 9.22. The summed E-state index contributed by atoms with van der Waals surface area (Å²) in [5, 5.41) is 9.64. The third-order valence-electron chi connectivity index (χ3n) is 4.01. The van der Waals surface area contributed by atoms with Crippen molar-refractivity contribution < 1.29 is 5.11 Å². The first kappa shape index (κ1) is 14.9. The fraction of sp³-hybridized carbons (Fsp3) is 0.0526. The monoisotopic (exact) mass is 335 g/mol. The highest BCUT2D eigenvalue weighted by atomic mass is 35.5. The van der Waals surface area contributed by atoms with Gasteiger partial charge in [0.05, 0.1) is 6.61 Å². The molecule has 1 N–H and O–H groups in total. The minimum atomic E-state index is 0.0278. The summed E-state index contributed by atoms with van der Waals surface area (Å²) in [6.07, 6.45) is 3.50. The van der Waals surface area contributed by atoms with Gasteiger partial charge < -0.3 is 9.67 Å². The van der Waals surface area contributed by atoms with Gasteiger partial charge in [-0.25, -0.2) is 9.97 Å². The van der Waals surface area contributed by atoms with Crippen LogP contribution in [0.4, 0.5) is 0 Å². The van der Waals surface area contributed by atoms with E-state index in [2.05, 4.69) is 9.97 Å². The molecular formula is C19H14ClN3O. The molecule has 0 atom stereocenters. The van der Waals surface area contributed by atoms with Crippen LogP contribution in [0.5, 0.6) is 0 Å². The molecule has 0 fully saturated rings. The van der Waals surface area contributed by atoms with E-state index in [-0.39, 0.29) is 6.61 Å². The Balaban J connectivity index is 1.98. The lowest BCUT2D eigenvalue weighted by molar-refractivity contribution is 0.282. The van der Waals surface area contributed by atoms with E-state index in [9.17, 15) is 5.11 Å². The average Bonchev–Trinajstić information content (AvgIpc) is 3.04. The largest absolute Gasteiger partial charge is 0.392 e. The van der Waals surface area contributed by atoms with Gasteiger partial charge in [0, 0.05) is 17.4 Å². The number of para-hydroxylation sites is 1. The molecule has 0 radical (unpaired) electrons. The minimum Gasteiger partial charge on any atom is -0.392 e. The summed E-state index contributed by atoms with van der Waals surface area (Å²) in [7, 11) is 0. The van der Waals surface area contributed by atoms with Crippen LogP contribution in [-0.2, 0) is 6.61 Å². The SMILES string of the molecule is OCc1ccc(-c2cn(-c3ccccc3)c3c(Cl)ncnc23)cc1. The molecule has 4 nitrogen and oxygen atoms in total. The van der Waals surface area contributed by atoms with Gasteiger partial charge in [0.15, 0.2) is 5.15 Å². The molecule has 4 aromatic rings. The van der Waals surface area contributed by atoms with E-state index in [1.807, 2.05) is 65.4 Å². The van der Waals surface area contributed by atoms with Crippen molar-refractivity contribution in [3.05, 3.63) is 77.8 Å². The number of fused-ring (bicyclic) bond motifs is 1. The number of nitrogens with zero attached hydrogens (tertiary/aromatic N) is 3. The van der Waals surface area contributed by atoms with Crippen molar-refractivity contribution in [1.29, 1.82) is 0 Å². The van der Waals surface area contributed by atoms with Crippen molar-refractivity contribution in [3.8, 4) is 16.8 Å². The summed E-state index contributed by atoms with van der Waals surface area (Å²) in [6.45, 7) is 0.0278. The highest BCUT2D eigenvalue weighted by Crippen LogP contribution is 2.34. The smallest absolute Gasteiger partial charge is 0.157 e. The zero-order chi connectivity index (χ0) is 16.5. The standard InChI is InChI=1S/C19H14ClN3O/c20-19-18-17(21-12-22-19)16(14-8-6-13(11-24)7-9-14)10-23(18)15-4-2-1-3-5-15/h1-10,12,24H,11H2. The molecule has 0 amide bonds. The van der Waals surface area contributed by atoms with Crippen LogP contribution < -0.4 is 0 Å². The predicted molar refractivity (Wildman–Crippen MR) is 95.2 cm³/mol. The highest BCUT2D eigenvalue weighted by molar-refractivity contribution is 6.34. The summed E-state index contributed by atoms with van der Waals surface area (Å²) in [5.41, 5.74) is 5.45. The summed E-state index contributed by atoms with van der Waals surface area (Å²) in [5.74, 6) is 0. The Morgan fingerprint density at radius 3 is 2.42 bits per heavy atom. The van der Waals surface area contributed by atoms with E-state index in [1.165, 1.54) is 6.33 Å². The topological polar surface area (TPSA) is 50.9 Å². The van der Waals surface area contributed by atoms with Crippen molar-refractivity contribution in [1.82, 2.24) is 14.5 Å². The van der Waals surface area contributed by atoms with Crippen LogP contribution in [-0.4, -0.2) is 19.6 Å². The van der Waals surface area contributed by atoms with Gasteiger partial charge in [0.1, 0.15) is 17.4 Å². The third kappa shape index (κ3) is 2.46. The van der Waals surface area contributed by atoms with Gasteiger partial charge in [-0.3, -0.25) is 0 Å². The Kier molecular flexibility index (Phi) is 3.76. The molecule has 0 unspecified atom stereocenters. The van der Waals surface area contributed by atoms with Crippen molar-refractivity contribution >= 4 is 22.6 Å². The number of hydrogen-bond donors (Lipinski definition) is 1. The van der Waals surface area contributed by atoms with Crippen LogP contribution in [0.2, 0.25) is 5.15 Å². The van der Waals surface area contributed by atoms with E-state index < -0.39 is 0 Å². The fourth-order valence-electron chi connectivity index (χ4n) is 2.82. The molecule has 0 aliphatic rings. The van der Waals surface area contributed by atoms with Gasteiger partial charge in [-0.1, -0.05) is 54.1 Å². The Bertz CT molecular complexity index is 994. The summed E-state index contributed by atoms with van der Waals surface area (Å²) >= 11 is 6.36. The number of aliphatic hydroxyl groups is 1. The molecule has 0 spiro atoms. The van der Waals surface area contributed by atoms with Gasteiger partial charge in [-0.05, 0) is 23.3 Å². The van der Waals surface area contributed by atoms with Gasteiger partial charge in [-0.15, -0.1) is 0 Å². The van der Waals surface area contributed by atoms with E-state index in [0.717, 1.165) is 33.4 Å². The summed E-state index contributed by atoms with van der Waals surface area (Å²) in [4.78, 5) is 8.57. The van der Waals surface area contributed by atoms with E-state index in [4.69, 9.17) is 11.6 Å². The van der Waals surface area contributed by atoms with Crippen LogP contribution in [0.25, 0.3) is 27.8 Å². The second-order valence-corrected chi connectivity index (χ2v) is 5.82. The number of hydrogen-bond acceptors (Lipinski definition) is 3. The first-order chi connectivity index (χ1) is 11.8. The van der Waals surface area contributed by atoms with Gasteiger partial charge in [-0.2, -0.15) is 0 Å². The van der Waals surface area contributed by atoms with Crippen LogP contribution >= 0.6 is 11.6 Å². The zero-order valence-corrected chi connectivity index (χ0v) is 13.5. The summed E-state index contributed by atoms with van der Waals surface area (Å²) < 4.78 is 2.01. The molecule has 0 saturated heterocycles. The Hall–Kier alpha value is -2.69. The van der Waals surface area contributed by atoms with Crippen LogP contribution in [0.1, 0.15) is 5.56 Å². The van der Waals surface area contributed by atoms with Gasteiger partial charge in [0.25, 0.3) is 0 Å².